The molecule has 5 nitrogen and oxygen atoms in total. The standard InChI is InChI=1S/C12H7BrN4O/c13-9-2-3-10-8(6-9)7-16-17(11(10)18)12-14-4-1-5-15-12/h1-7H. The topological polar surface area (TPSA) is 60.7 Å². The first-order chi connectivity index (χ1) is 8.75. The Hall–Kier alpha value is -2.08. The summed E-state index contributed by atoms with van der Waals surface area (Å²) < 4.78 is 2.10. The lowest BCUT2D eigenvalue weighted by atomic mass is 10.2. The second-order valence-corrected chi connectivity index (χ2v) is 4.56. The van der Waals surface area contributed by atoms with Crippen molar-refractivity contribution in [3.8, 4) is 5.95 Å². The van der Waals surface area contributed by atoms with Gasteiger partial charge in [0, 0.05) is 22.3 Å². The van der Waals surface area contributed by atoms with E-state index in [4.69, 9.17) is 0 Å². The summed E-state index contributed by atoms with van der Waals surface area (Å²) in [4.78, 5) is 20.3. The fourth-order valence-corrected chi connectivity index (χ4v) is 2.04. The number of fused-ring (bicyclic) bond motifs is 1. The molecule has 0 atom stereocenters. The average molecular weight is 303 g/mol. The van der Waals surface area contributed by atoms with Crippen LogP contribution in [0.2, 0.25) is 0 Å². The third-order valence-corrected chi connectivity index (χ3v) is 2.98. The molecule has 0 radical (unpaired) electrons. The Morgan fingerprint density at radius 1 is 1.17 bits per heavy atom. The summed E-state index contributed by atoms with van der Waals surface area (Å²) >= 11 is 3.36. The molecule has 0 bridgehead atoms. The van der Waals surface area contributed by atoms with Crippen LogP contribution in [0.15, 0.2) is 52.1 Å². The van der Waals surface area contributed by atoms with Gasteiger partial charge in [-0.25, -0.2) is 9.97 Å². The highest BCUT2D eigenvalue weighted by Crippen LogP contribution is 2.16. The van der Waals surface area contributed by atoms with Gasteiger partial charge >= 0.3 is 0 Å². The first-order valence-corrected chi connectivity index (χ1v) is 6.00. The highest BCUT2D eigenvalue weighted by atomic mass is 79.9. The smallest absolute Gasteiger partial charge is 0.267 e. The largest absolute Gasteiger partial charge is 0.282 e. The predicted octanol–water partition coefficient (Wildman–Crippen LogP) is 1.94. The van der Waals surface area contributed by atoms with E-state index in [1.54, 1.807) is 30.7 Å². The van der Waals surface area contributed by atoms with Gasteiger partial charge < -0.3 is 0 Å². The van der Waals surface area contributed by atoms with Gasteiger partial charge in [-0.05, 0) is 24.3 Å². The molecule has 0 aliphatic rings. The Balaban J connectivity index is 2.31. The quantitative estimate of drug-likeness (QED) is 0.689. The number of rotatable bonds is 1. The van der Waals surface area contributed by atoms with Crippen LogP contribution in [0.4, 0.5) is 0 Å². The van der Waals surface area contributed by atoms with Crippen LogP contribution in [0.5, 0.6) is 0 Å². The highest BCUT2D eigenvalue weighted by Gasteiger charge is 2.07. The Morgan fingerprint density at radius 2 is 1.94 bits per heavy atom. The van der Waals surface area contributed by atoms with E-state index >= 15 is 0 Å². The normalized spacial score (nSPS) is 10.7. The van der Waals surface area contributed by atoms with Gasteiger partial charge in [-0.3, -0.25) is 4.79 Å². The van der Waals surface area contributed by atoms with Gasteiger partial charge in [0.15, 0.2) is 0 Å². The Bertz CT molecular complexity index is 770. The van der Waals surface area contributed by atoms with Crippen molar-refractivity contribution in [3.63, 3.8) is 0 Å². The minimum Gasteiger partial charge on any atom is -0.267 e. The molecule has 3 aromatic rings. The van der Waals surface area contributed by atoms with E-state index in [1.165, 1.54) is 4.68 Å². The third kappa shape index (κ3) is 1.80. The molecule has 18 heavy (non-hydrogen) atoms. The van der Waals surface area contributed by atoms with Gasteiger partial charge in [-0.15, -0.1) is 0 Å². The van der Waals surface area contributed by atoms with E-state index in [2.05, 4.69) is 31.0 Å². The molecule has 0 amide bonds. The molecule has 0 aliphatic heterocycles. The van der Waals surface area contributed by atoms with Crippen molar-refractivity contribution in [1.82, 2.24) is 19.7 Å². The number of nitrogens with zero attached hydrogens (tertiary/aromatic N) is 4. The van der Waals surface area contributed by atoms with Crippen molar-refractivity contribution in [2.24, 2.45) is 0 Å². The molecule has 0 spiro atoms. The highest BCUT2D eigenvalue weighted by molar-refractivity contribution is 9.10. The number of halogens is 1. The van der Waals surface area contributed by atoms with Crippen LogP contribution in [0.25, 0.3) is 16.7 Å². The average Bonchev–Trinajstić information content (AvgIpc) is 2.40. The fraction of sp³-hybridized carbons (Fsp3) is 0. The van der Waals surface area contributed by atoms with Crippen LogP contribution in [0, 0.1) is 0 Å². The molecule has 6 heteroatoms. The molecule has 88 valence electrons. The molecule has 2 aromatic heterocycles. The van der Waals surface area contributed by atoms with Crippen LogP contribution in [-0.4, -0.2) is 19.7 Å². The summed E-state index contributed by atoms with van der Waals surface area (Å²) in [5, 5.41) is 5.44. The monoisotopic (exact) mass is 302 g/mol. The van der Waals surface area contributed by atoms with Crippen LogP contribution in [-0.2, 0) is 0 Å². The van der Waals surface area contributed by atoms with Crippen LogP contribution in [0.1, 0.15) is 0 Å². The van der Waals surface area contributed by atoms with Crippen LogP contribution >= 0.6 is 15.9 Å². The molecule has 0 fully saturated rings. The maximum Gasteiger partial charge on any atom is 0.282 e. The first-order valence-electron chi connectivity index (χ1n) is 5.21. The summed E-state index contributed by atoms with van der Waals surface area (Å²) in [5.74, 6) is 0.271. The molecule has 0 saturated carbocycles. The molecule has 3 rings (SSSR count). The third-order valence-electron chi connectivity index (χ3n) is 2.49. The van der Waals surface area contributed by atoms with Crippen LogP contribution < -0.4 is 5.56 Å². The maximum atomic E-state index is 12.2. The molecule has 2 heterocycles. The van der Waals surface area contributed by atoms with E-state index in [0.29, 0.717) is 5.39 Å². The van der Waals surface area contributed by atoms with Crippen molar-refractivity contribution in [2.45, 2.75) is 0 Å². The summed E-state index contributed by atoms with van der Waals surface area (Å²) in [6, 6.07) is 7.11. The Kier molecular flexibility index (Phi) is 2.64. The second-order valence-electron chi connectivity index (χ2n) is 3.64. The van der Waals surface area contributed by atoms with Crippen molar-refractivity contribution in [3.05, 3.63) is 57.7 Å². The van der Waals surface area contributed by atoms with Gasteiger partial charge in [0.25, 0.3) is 11.5 Å². The molecule has 0 aliphatic carbocycles. The fourth-order valence-electron chi connectivity index (χ4n) is 1.66. The molecule has 0 unspecified atom stereocenters. The number of benzene rings is 1. The Morgan fingerprint density at radius 3 is 2.72 bits per heavy atom. The number of hydrogen-bond acceptors (Lipinski definition) is 4. The summed E-state index contributed by atoms with van der Waals surface area (Å²) in [6.45, 7) is 0. The van der Waals surface area contributed by atoms with Gasteiger partial charge in [0.1, 0.15) is 0 Å². The van der Waals surface area contributed by atoms with E-state index in [-0.39, 0.29) is 11.5 Å². The summed E-state index contributed by atoms with van der Waals surface area (Å²) in [6.07, 6.45) is 4.77. The van der Waals surface area contributed by atoms with Gasteiger partial charge in [0.05, 0.1) is 11.6 Å². The molecular weight excluding hydrogens is 296 g/mol. The zero-order chi connectivity index (χ0) is 12.5. The number of aromatic nitrogens is 4. The minimum atomic E-state index is -0.230. The van der Waals surface area contributed by atoms with Gasteiger partial charge in [-0.1, -0.05) is 15.9 Å². The van der Waals surface area contributed by atoms with E-state index in [1.807, 2.05) is 12.1 Å². The maximum absolute atomic E-state index is 12.2. The van der Waals surface area contributed by atoms with Crippen LogP contribution in [0.3, 0.4) is 0 Å². The van der Waals surface area contributed by atoms with E-state index in [0.717, 1.165) is 9.86 Å². The van der Waals surface area contributed by atoms with Gasteiger partial charge in [0.2, 0.25) is 0 Å². The zero-order valence-corrected chi connectivity index (χ0v) is 10.7. The lowest BCUT2D eigenvalue weighted by molar-refractivity contribution is 0.762. The zero-order valence-electron chi connectivity index (χ0n) is 9.12. The second kappa shape index (κ2) is 4.30. The van der Waals surface area contributed by atoms with Crippen molar-refractivity contribution in [2.75, 3.05) is 0 Å². The summed E-state index contributed by atoms with van der Waals surface area (Å²) in [7, 11) is 0. The molecule has 0 N–H and O–H groups in total. The number of hydrogen-bond donors (Lipinski definition) is 0. The molecule has 0 saturated heterocycles. The Labute approximate surface area is 110 Å². The van der Waals surface area contributed by atoms with Crippen molar-refractivity contribution >= 4 is 26.7 Å². The van der Waals surface area contributed by atoms with Gasteiger partial charge in [-0.2, -0.15) is 9.78 Å². The van der Waals surface area contributed by atoms with Crippen molar-refractivity contribution in [1.29, 1.82) is 0 Å². The first kappa shape index (κ1) is 11.0. The lowest BCUT2D eigenvalue weighted by Gasteiger charge is -2.03. The molecule has 1 aromatic carbocycles. The predicted molar refractivity (Wildman–Crippen MR) is 70.6 cm³/mol. The minimum absolute atomic E-state index is 0.230. The van der Waals surface area contributed by atoms with E-state index in [9.17, 15) is 4.79 Å². The lowest BCUT2D eigenvalue weighted by Crippen LogP contribution is -2.22. The SMILES string of the molecule is O=c1c2ccc(Br)cc2cnn1-c1ncccn1. The summed E-state index contributed by atoms with van der Waals surface area (Å²) in [5.41, 5.74) is -0.230. The molecular formula is C12H7BrN4O. The van der Waals surface area contributed by atoms with Crippen molar-refractivity contribution < 1.29 is 0 Å². The van der Waals surface area contributed by atoms with E-state index < -0.39 is 0 Å².